The zero-order chi connectivity index (χ0) is 18.4. The molecule has 3 aliphatic rings. The van der Waals surface area contributed by atoms with Gasteiger partial charge in [-0.2, -0.15) is 0 Å². The van der Waals surface area contributed by atoms with Gasteiger partial charge in [-0.3, -0.25) is 9.69 Å². The standard InChI is InChI=1S/C19H34N4O3/c1-26-18(24)3-2-16-6-10-22(11-7-16)19(25)23-14-12-21(13-15-23)17-4-8-20-9-5-17/h16-17,20H,2-15H2,1H3. The van der Waals surface area contributed by atoms with E-state index < -0.39 is 0 Å². The van der Waals surface area contributed by atoms with Crippen LogP contribution >= 0.6 is 0 Å². The Balaban J connectivity index is 1.37. The molecule has 0 aromatic heterocycles. The van der Waals surface area contributed by atoms with Crippen LogP contribution in [-0.2, 0) is 9.53 Å². The van der Waals surface area contributed by atoms with Crippen LogP contribution in [0, 0.1) is 5.92 Å². The van der Waals surface area contributed by atoms with Gasteiger partial charge in [-0.1, -0.05) is 0 Å². The fourth-order valence-electron chi connectivity index (χ4n) is 4.49. The predicted octanol–water partition coefficient (Wildman–Crippen LogP) is 1.14. The average molecular weight is 367 g/mol. The van der Waals surface area contributed by atoms with Gasteiger partial charge >= 0.3 is 12.0 Å². The second-order valence-electron chi connectivity index (χ2n) is 7.83. The first-order chi connectivity index (χ1) is 12.7. The number of piperazine rings is 1. The van der Waals surface area contributed by atoms with Gasteiger partial charge in [-0.15, -0.1) is 0 Å². The van der Waals surface area contributed by atoms with Crippen LogP contribution < -0.4 is 5.32 Å². The number of hydrogen-bond acceptors (Lipinski definition) is 5. The highest BCUT2D eigenvalue weighted by molar-refractivity contribution is 5.74. The van der Waals surface area contributed by atoms with Crippen LogP contribution in [-0.4, -0.2) is 92.2 Å². The average Bonchev–Trinajstić information content (AvgIpc) is 2.72. The molecule has 0 radical (unpaired) electrons. The van der Waals surface area contributed by atoms with Gasteiger partial charge in [0.2, 0.25) is 0 Å². The van der Waals surface area contributed by atoms with Crippen molar-refractivity contribution in [2.24, 2.45) is 5.92 Å². The molecule has 0 aliphatic carbocycles. The normalized spacial score (nSPS) is 23.9. The topological polar surface area (TPSA) is 65.1 Å². The number of methoxy groups -OCH3 is 1. The maximum absolute atomic E-state index is 12.8. The van der Waals surface area contributed by atoms with Crippen molar-refractivity contribution < 1.29 is 14.3 Å². The van der Waals surface area contributed by atoms with Gasteiger partial charge in [0.25, 0.3) is 0 Å². The van der Waals surface area contributed by atoms with Crippen LogP contribution in [0.25, 0.3) is 0 Å². The number of nitrogens with zero attached hydrogens (tertiary/aromatic N) is 3. The summed E-state index contributed by atoms with van der Waals surface area (Å²) in [6.45, 7) is 7.59. The van der Waals surface area contributed by atoms with E-state index in [1.807, 2.05) is 9.80 Å². The van der Waals surface area contributed by atoms with Crippen molar-refractivity contribution in [2.45, 2.75) is 44.6 Å². The Morgan fingerprint density at radius 2 is 1.54 bits per heavy atom. The molecule has 3 saturated heterocycles. The van der Waals surface area contributed by atoms with Gasteiger partial charge in [-0.05, 0) is 51.1 Å². The molecule has 1 N–H and O–H groups in total. The summed E-state index contributed by atoms with van der Waals surface area (Å²) in [7, 11) is 1.44. The minimum Gasteiger partial charge on any atom is -0.469 e. The molecule has 0 aromatic rings. The SMILES string of the molecule is COC(=O)CCC1CCN(C(=O)N2CCN(C3CCNCC3)CC2)CC1. The van der Waals surface area contributed by atoms with Gasteiger partial charge in [0.15, 0.2) is 0 Å². The molecule has 0 unspecified atom stereocenters. The minimum absolute atomic E-state index is 0.130. The number of ether oxygens (including phenoxy) is 1. The van der Waals surface area contributed by atoms with Crippen LogP contribution in [0.15, 0.2) is 0 Å². The van der Waals surface area contributed by atoms with Gasteiger partial charge in [0, 0.05) is 51.7 Å². The van der Waals surface area contributed by atoms with E-state index in [2.05, 4.69) is 10.2 Å². The smallest absolute Gasteiger partial charge is 0.320 e. The van der Waals surface area contributed by atoms with Crippen molar-refractivity contribution in [3.63, 3.8) is 0 Å². The molecule has 7 nitrogen and oxygen atoms in total. The zero-order valence-corrected chi connectivity index (χ0v) is 16.1. The van der Waals surface area contributed by atoms with E-state index in [0.29, 0.717) is 18.4 Å². The van der Waals surface area contributed by atoms with E-state index in [4.69, 9.17) is 4.74 Å². The quantitative estimate of drug-likeness (QED) is 0.756. The lowest BCUT2D eigenvalue weighted by molar-refractivity contribution is -0.141. The number of nitrogens with one attached hydrogen (secondary N) is 1. The number of piperidine rings is 2. The van der Waals surface area contributed by atoms with E-state index in [1.165, 1.54) is 20.0 Å². The minimum atomic E-state index is -0.130. The Bertz CT molecular complexity index is 465. The Morgan fingerprint density at radius 1 is 0.923 bits per heavy atom. The van der Waals surface area contributed by atoms with Gasteiger partial charge in [0.05, 0.1) is 7.11 Å². The van der Waals surface area contributed by atoms with E-state index >= 15 is 0 Å². The van der Waals surface area contributed by atoms with Crippen molar-refractivity contribution in [1.29, 1.82) is 0 Å². The van der Waals surface area contributed by atoms with Crippen molar-refractivity contribution >= 4 is 12.0 Å². The van der Waals surface area contributed by atoms with Crippen molar-refractivity contribution in [3.05, 3.63) is 0 Å². The summed E-state index contributed by atoms with van der Waals surface area (Å²) in [5.74, 6) is 0.407. The van der Waals surface area contributed by atoms with Crippen LogP contribution in [0.3, 0.4) is 0 Å². The Labute approximate surface area is 157 Å². The monoisotopic (exact) mass is 366 g/mol. The molecule has 3 heterocycles. The molecule has 3 rings (SSSR count). The highest BCUT2D eigenvalue weighted by Gasteiger charge is 2.30. The van der Waals surface area contributed by atoms with Crippen LogP contribution in [0.1, 0.15) is 38.5 Å². The van der Waals surface area contributed by atoms with E-state index in [0.717, 1.165) is 71.6 Å². The molecular formula is C19H34N4O3. The van der Waals surface area contributed by atoms with Crippen LogP contribution in [0.5, 0.6) is 0 Å². The zero-order valence-electron chi connectivity index (χ0n) is 16.1. The second kappa shape index (κ2) is 9.55. The Morgan fingerprint density at radius 3 is 2.15 bits per heavy atom. The number of esters is 1. The summed E-state index contributed by atoms with van der Waals surface area (Å²) in [6, 6.07) is 0.903. The predicted molar refractivity (Wildman–Crippen MR) is 100.0 cm³/mol. The summed E-state index contributed by atoms with van der Waals surface area (Å²) in [4.78, 5) is 30.7. The number of carbonyl (C=O) groups excluding carboxylic acids is 2. The second-order valence-corrected chi connectivity index (χ2v) is 7.83. The van der Waals surface area contributed by atoms with Crippen molar-refractivity contribution in [3.8, 4) is 0 Å². The molecule has 3 aliphatic heterocycles. The molecule has 0 bridgehead atoms. The molecule has 7 heteroatoms. The number of urea groups is 1. The van der Waals surface area contributed by atoms with E-state index in [-0.39, 0.29) is 12.0 Å². The summed E-state index contributed by atoms with van der Waals surface area (Å²) >= 11 is 0. The molecule has 0 aromatic carbocycles. The molecule has 0 atom stereocenters. The Kier molecular flexibility index (Phi) is 7.14. The number of likely N-dealkylation sites (tertiary alicyclic amines) is 1. The first-order valence-electron chi connectivity index (χ1n) is 10.2. The first-order valence-corrected chi connectivity index (χ1v) is 10.2. The third kappa shape index (κ3) is 5.10. The third-order valence-electron chi connectivity index (χ3n) is 6.28. The lowest BCUT2D eigenvalue weighted by Gasteiger charge is -2.43. The summed E-state index contributed by atoms with van der Waals surface area (Å²) in [6.07, 6.45) is 5.83. The lowest BCUT2D eigenvalue weighted by Crippen LogP contribution is -2.56. The molecule has 3 fully saturated rings. The highest BCUT2D eigenvalue weighted by atomic mass is 16.5. The fraction of sp³-hybridized carbons (Fsp3) is 0.895. The molecular weight excluding hydrogens is 332 g/mol. The maximum atomic E-state index is 12.8. The highest BCUT2D eigenvalue weighted by Crippen LogP contribution is 2.23. The third-order valence-corrected chi connectivity index (χ3v) is 6.28. The van der Waals surface area contributed by atoms with Crippen LogP contribution in [0.4, 0.5) is 4.79 Å². The van der Waals surface area contributed by atoms with Gasteiger partial charge in [-0.25, -0.2) is 4.79 Å². The summed E-state index contributed by atoms with van der Waals surface area (Å²) in [5.41, 5.74) is 0. The molecule has 0 saturated carbocycles. The Hall–Kier alpha value is -1.34. The van der Waals surface area contributed by atoms with Gasteiger partial charge in [0.1, 0.15) is 0 Å². The number of carbonyl (C=O) groups is 2. The molecule has 148 valence electrons. The molecule has 2 amide bonds. The summed E-state index contributed by atoms with van der Waals surface area (Å²) in [5, 5.41) is 3.42. The van der Waals surface area contributed by atoms with E-state index in [1.54, 1.807) is 0 Å². The summed E-state index contributed by atoms with van der Waals surface area (Å²) < 4.78 is 4.71. The van der Waals surface area contributed by atoms with Crippen molar-refractivity contribution in [2.75, 3.05) is 59.5 Å². The van der Waals surface area contributed by atoms with Gasteiger partial charge < -0.3 is 19.9 Å². The first kappa shape index (κ1) is 19.4. The molecule has 26 heavy (non-hydrogen) atoms. The number of hydrogen-bond donors (Lipinski definition) is 1. The van der Waals surface area contributed by atoms with E-state index in [9.17, 15) is 9.59 Å². The molecule has 0 spiro atoms. The number of rotatable bonds is 4. The lowest BCUT2D eigenvalue weighted by atomic mass is 9.92. The fourth-order valence-corrected chi connectivity index (χ4v) is 4.49. The van der Waals surface area contributed by atoms with Crippen LogP contribution in [0.2, 0.25) is 0 Å². The van der Waals surface area contributed by atoms with Crippen molar-refractivity contribution in [1.82, 2.24) is 20.0 Å². The number of amides is 2. The maximum Gasteiger partial charge on any atom is 0.320 e. The largest absolute Gasteiger partial charge is 0.469 e.